The van der Waals surface area contributed by atoms with Gasteiger partial charge in [-0.15, -0.1) is 23.3 Å². The van der Waals surface area contributed by atoms with Gasteiger partial charge < -0.3 is 24.8 Å². The molecule has 74 heavy (non-hydrogen) atoms. The van der Waals surface area contributed by atoms with Gasteiger partial charge in [0.25, 0.3) is 0 Å². The Balaban J connectivity index is 0.000000212. The van der Waals surface area contributed by atoms with E-state index in [1.807, 2.05) is 0 Å². The van der Waals surface area contributed by atoms with E-state index < -0.39 is 0 Å². The maximum atomic E-state index is 4.04. The van der Waals surface area contributed by atoms with Crippen molar-refractivity contribution in [2.45, 2.75) is 213 Å². The fourth-order valence-electron chi connectivity index (χ4n) is 12.1. The second-order valence-electron chi connectivity index (χ2n) is 26.8. The summed E-state index contributed by atoms with van der Waals surface area (Å²) < 4.78 is 3.61. The predicted octanol–water partition coefficient (Wildman–Crippen LogP) is 9.98. The molecule has 4 heteroatoms. The summed E-state index contributed by atoms with van der Waals surface area (Å²) in [6, 6.07) is 13.9. The van der Waals surface area contributed by atoms with Crippen molar-refractivity contribution < 1.29 is 73.3 Å². The topological polar surface area (TPSA) is 0 Å². The zero-order valence-electron chi connectivity index (χ0n) is 49.2. The molecule has 2 unspecified atom stereocenters. The Morgan fingerprint density at radius 1 is 0.446 bits per heavy atom. The fraction of sp³-hybridized carbons (Fsp3) is 0.514. The van der Waals surface area contributed by atoms with Gasteiger partial charge in [-0.25, -0.2) is 0 Å². The van der Waals surface area contributed by atoms with Crippen molar-refractivity contribution in [1.29, 1.82) is 0 Å². The summed E-state index contributed by atoms with van der Waals surface area (Å²) >= 11 is 3.38. The number of fused-ring (bicyclic) bond motifs is 4. The van der Waals surface area contributed by atoms with Crippen LogP contribution in [0.25, 0.3) is 23.3 Å². The van der Waals surface area contributed by atoms with Crippen LogP contribution in [0.3, 0.4) is 0 Å². The third-order valence-corrected chi connectivity index (χ3v) is 20.1. The molecule has 2 aromatic carbocycles. The number of hydrogen-bond donors (Lipinski definition) is 0. The molecule has 10 rings (SSSR count). The first-order valence-electron chi connectivity index (χ1n) is 27.8. The molecule has 0 N–H and O–H groups in total. The SMILES string of the molecule is CC1=C(C)C(C)=C(C2(C(C)(C)C)[C-]=C3C=c4cc(C(C)(C)C)ccc4=C3C=C2)C1.CC1=C(C)C(C)=C(C2(C(C)(C)C)[C-]=C3C=c4cc(C(C)(C)C)ccc4=C3C=C2)C1.[Cl-].[Cl-].[Zr]=[C]1CCCCC1.[Zr]=[C]1CCCCC1. The second-order valence-corrected chi connectivity index (χ2v) is 30.3. The van der Waals surface area contributed by atoms with E-state index >= 15 is 0 Å². The van der Waals surface area contributed by atoms with Gasteiger partial charge in [-0.1, -0.05) is 175 Å². The van der Waals surface area contributed by atoms with E-state index in [2.05, 4.69) is 210 Å². The Morgan fingerprint density at radius 2 is 0.770 bits per heavy atom. The molecule has 2 atom stereocenters. The summed E-state index contributed by atoms with van der Waals surface area (Å²) in [5.74, 6) is 0. The number of hydrogen-bond acceptors (Lipinski definition) is 0. The molecule has 0 radical (unpaired) electrons. The molecule has 396 valence electrons. The van der Waals surface area contributed by atoms with E-state index in [0.29, 0.717) is 0 Å². The molecule has 0 nitrogen and oxygen atoms in total. The van der Waals surface area contributed by atoms with Crippen LogP contribution < -0.4 is 45.7 Å². The number of rotatable bonds is 2. The van der Waals surface area contributed by atoms with Crippen LogP contribution in [0.5, 0.6) is 0 Å². The third-order valence-electron chi connectivity index (χ3n) is 17.7. The Kier molecular flexibility index (Phi) is 20.5. The van der Waals surface area contributed by atoms with Gasteiger partial charge in [0.05, 0.1) is 0 Å². The van der Waals surface area contributed by atoms with Crippen LogP contribution in [-0.4, -0.2) is 6.41 Å². The molecular formula is C70H90Cl2Zr2-4. The summed E-state index contributed by atoms with van der Waals surface area (Å²) in [6.07, 6.45) is 39.2. The number of benzene rings is 2. The third kappa shape index (κ3) is 13.0. The van der Waals surface area contributed by atoms with E-state index in [-0.39, 0.29) is 57.3 Å². The summed E-state index contributed by atoms with van der Waals surface area (Å²) in [5, 5.41) is 5.38. The number of halogens is 2. The maximum absolute atomic E-state index is 4.04. The standard InChI is InChI=1S/2C29H35.2C6H10.2ClH.2Zr/c2*1-18-14-26(20(3)19(18)2)29(28(7,8)9)13-12-25-22(17-29)15-21-16-23(27(4,5)6)10-11-24(21)25;2*1-2-4-6-5-3-1;;;;/h2*10-13,15-16H,14H2,1-9H3;2*1-5H2;2*1H;;/q2*-1;;;;;;/p-2. The predicted molar refractivity (Wildman–Crippen MR) is 308 cm³/mol. The van der Waals surface area contributed by atoms with Crippen molar-refractivity contribution in [1.82, 2.24) is 0 Å². The van der Waals surface area contributed by atoms with Crippen molar-refractivity contribution in [2.24, 2.45) is 21.7 Å². The molecule has 0 amide bonds. The number of allylic oxidation sites excluding steroid dienone is 16. The molecule has 0 spiro atoms. The van der Waals surface area contributed by atoms with Crippen molar-refractivity contribution in [3.8, 4) is 0 Å². The molecule has 0 aromatic heterocycles. The van der Waals surface area contributed by atoms with E-state index in [1.165, 1.54) is 163 Å². The van der Waals surface area contributed by atoms with Crippen LogP contribution in [0, 0.1) is 33.8 Å². The molecule has 0 aliphatic heterocycles. The Hall–Kier alpha value is -2.07. The average molecular weight is 1180 g/mol. The molecular weight excluding hydrogens is 1090 g/mol. The Labute approximate surface area is 493 Å². The van der Waals surface area contributed by atoms with Gasteiger partial charge in [-0.3, -0.25) is 0 Å². The van der Waals surface area contributed by atoms with Crippen LogP contribution in [-0.2, 0) is 59.3 Å². The van der Waals surface area contributed by atoms with Crippen LogP contribution in [0.15, 0.2) is 116 Å². The summed E-state index contributed by atoms with van der Waals surface area (Å²) in [4.78, 5) is 0. The van der Waals surface area contributed by atoms with E-state index in [0.717, 1.165) is 12.8 Å². The quantitative estimate of drug-likeness (QED) is 0.263. The van der Waals surface area contributed by atoms with Crippen LogP contribution in [0.2, 0.25) is 0 Å². The zero-order valence-corrected chi connectivity index (χ0v) is 55.6. The van der Waals surface area contributed by atoms with Crippen LogP contribution in [0.1, 0.15) is 213 Å². The first-order chi connectivity index (χ1) is 33.5. The molecule has 8 aliphatic rings. The molecule has 2 aromatic rings. The average Bonchev–Trinajstić information content (AvgIpc) is 4.02. The Morgan fingerprint density at radius 3 is 1.01 bits per heavy atom. The summed E-state index contributed by atoms with van der Waals surface area (Å²) in [5.41, 5.74) is 20.0. The van der Waals surface area contributed by atoms with Crippen LogP contribution >= 0.6 is 0 Å². The van der Waals surface area contributed by atoms with Gasteiger partial charge in [0.1, 0.15) is 0 Å². The molecule has 2 fully saturated rings. The van der Waals surface area contributed by atoms with Crippen molar-refractivity contribution in [3.05, 3.63) is 161 Å². The van der Waals surface area contributed by atoms with Gasteiger partial charge in [0.2, 0.25) is 0 Å². The van der Waals surface area contributed by atoms with Crippen LogP contribution in [0.4, 0.5) is 0 Å². The second kappa shape index (κ2) is 24.1. The van der Waals surface area contributed by atoms with E-state index in [1.54, 1.807) is 54.9 Å². The first-order valence-corrected chi connectivity index (χ1v) is 30.2. The van der Waals surface area contributed by atoms with Gasteiger partial charge >= 0.3 is 119 Å². The molecule has 8 aliphatic carbocycles. The van der Waals surface area contributed by atoms with Gasteiger partial charge in [-0.05, 0) is 120 Å². The first kappa shape index (κ1) is 62.8. The molecule has 0 bridgehead atoms. The van der Waals surface area contributed by atoms with Gasteiger partial charge in [0, 0.05) is 0 Å². The van der Waals surface area contributed by atoms with E-state index in [4.69, 9.17) is 0 Å². The fourth-order valence-corrected chi connectivity index (χ4v) is 13.9. The monoisotopic (exact) mass is 1180 g/mol. The summed E-state index contributed by atoms with van der Waals surface area (Å²) in [6.45, 7) is 41.6. The minimum absolute atomic E-state index is 0. The summed E-state index contributed by atoms with van der Waals surface area (Å²) in [7, 11) is 0. The molecule has 0 saturated heterocycles. The molecule has 2 saturated carbocycles. The van der Waals surface area contributed by atoms with E-state index in [9.17, 15) is 0 Å². The Bertz CT molecular complexity index is 2850. The zero-order chi connectivity index (χ0) is 52.9. The van der Waals surface area contributed by atoms with Gasteiger partial charge in [0.15, 0.2) is 0 Å². The van der Waals surface area contributed by atoms with Crippen molar-refractivity contribution >= 4 is 29.7 Å². The molecule has 0 heterocycles. The van der Waals surface area contributed by atoms with Crippen molar-refractivity contribution in [3.63, 3.8) is 0 Å². The minimum atomic E-state index is -0.166. The van der Waals surface area contributed by atoms with Crippen molar-refractivity contribution in [2.75, 3.05) is 0 Å². The normalized spacial score (nSPS) is 23.1. The van der Waals surface area contributed by atoms with Gasteiger partial charge in [-0.2, -0.15) is 35.5 Å².